The highest BCUT2D eigenvalue weighted by atomic mass is 16.3. The van der Waals surface area contributed by atoms with Crippen LogP contribution in [0, 0.1) is 5.92 Å². The van der Waals surface area contributed by atoms with Crippen molar-refractivity contribution < 1.29 is 9.90 Å². The number of likely N-dealkylation sites (tertiary alicyclic amines) is 1. The zero-order chi connectivity index (χ0) is 14.9. The number of hydrogen-bond donors (Lipinski definition) is 1. The number of nitrogens with zero attached hydrogens (tertiary/aromatic N) is 1. The lowest BCUT2D eigenvalue weighted by Gasteiger charge is -2.35. The van der Waals surface area contributed by atoms with E-state index in [1.165, 1.54) is 0 Å². The maximum absolute atomic E-state index is 12.1. The second kappa shape index (κ2) is 5.90. The van der Waals surface area contributed by atoms with E-state index in [4.69, 9.17) is 0 Å². The average molecular weight is 287 g/mol. The molecule has 1 saturated carbocycles. The van der Waals surface area contributed by atoms with Crippen LogP contribution < -0.4 is 0 Å². The van der Waals surface area contributed by atoms with Gasteiger partial charge in [0.25, 0.3) is 0 Å². The average Bonchev–Trinajstić information content (AvgIpc) is 3.08. The van der Waals surface area contributed by atoms with Gasteiger partial charge >= 0.3 is 0 Å². The third kappa shape index (κ3) is 3.04. The van der Waals surface area contributed by atoms with E-state index < -0.39 is 5.60 Å². The van der Waals surface area contributed by atoms with Crippen LogP contribution in [0.3, 0.4) is 0 Å². The first kappa shape index (κ1) is 14.7. The maximum atomic E-state index is 12.1. The normalized spacial score (nSPS) is 29.7. The van der Waals surface area contributed by atoms with E-state index >= 15 is 0 Å². The molecule has 0 amide bonds. The van der Waals surface area contributed by atoms with Gasteiger partial charge in [-0.25, -0.2) is 0 Å². The molecule has 1 N–H and O–H groups in total. The molecule has 1 heterocycles. The highest BCUT2D eigenvalue weighted by molar-refractivity contribution is 5.83. The fourth-order valence-electron chi connectivity index (χ4n) is 4.04. The molecule has 1 aliphatic heterocycles. The molecule has 0 spiro atoms. The summed E-state index contributed by atoms with van der Waals surface area (Å²) in [7, 11) is 0. The highest BCUT2D eigenvalue weighted by Gasteiger charge is 2.40. The smallest absolute Gasteiger partial charge is 0.137 e. The van der Waals surface area contributed by atoms with E-state index in [1.807, 2.05) is 37.3 Å². The molecule has 114 valence electrons. The Hall–Kier alpha value is -1.19. The molecule has 3 heteroatoms. The lowest BCUT2D eigenvalue weighted by atomic mass is 9.92. The van der Waals surface area contributed by atoms with Crippen molar-refractivity contribution in [2.45, 2.75) is 50.7 Å². The van der Waals surface area contributed by atoms with Gasteiger partial charge in [0.05, 0.1) is 5.60 Å². The van der Waals surface area contributed by atoms with Crippen LogP contribution in [0.25, 0.3) is 0 Å². The molecule has 3 atom stereocenters. The van der Waals surface area contributed by atoms with Crippen LogP contribution in [0.5, 0.6) is 0 Å². The Kier molecular flexibility index (Phi) is 4.14. The van der Waals surface area contributed by atoms with Crippen LogP contribution in [0.1, 0.15) is 44.6 Å². The molecule has 1 saturated heterocycles. The van der Waals surface area contributed by atoms with Gasteiger partial charge in [-0.3, -0.25) is 9.69 Å². The number of carbonyl (C=O) groups excluding carboxylic acids is 1. The van der Waals surface area contributed by atoms with Gasteiger partial charge < -0.3 is 5.11 Å². The minimum atomic E-state index is -0.856. The first-order valence-corrected chi connectivity index (χ1v) is 8.12. The Labute approximate surface area is 127 Å². The summed E-state index contributed by atoms with van der Waals surface area (Å²) < 4.78 is 0. The molecule has 0 aromatic heterocycles. The first-order chi connectivity index (χ1) is 10.1. The fraction of sp³-hybridized carbons (Fsp3) is 0.611. The third-order valence-corrected chi connectivity index (χ3v) is 5.14. The van der Waals surface area contributed by atoms with E-state index in [2.05, 4.69) is 4.90 Å². The summed E-state index contributed by atoms with van der Waals surface area (Å²) in [5.74, 6) is 0.644. The van der Waals surface area contributed by atoms with E-state index in [-0.39, 0.29) is 5.92 Å². The Morgan fingerprint density at radius 1 is 1.24 bits per heavy atom. The summed E-state index contributed by atoms with van der Waals surface area (Å²) in [5, 5.41) is 10.8. The van der Waals surface area contributed by atoms with Gasteiger partial charge in [-0.15, -0.1) is 0 Å². The lowest BCUT2D eigenvalue weighted by molar-refractivity contribution is -0.122. The molecule has 2 aliphatic rings. The standard InChI is InChI=1S/C18H25NO2/c1-18(21,14-7-3-2-4-8-14)13-19-12-6-10-16(19)15-9-5-11-17(15)20/h2-4,7-8,15-16,21H,5-6,9-13H2,1H3. The number of carbonyl (C=O) groups is 1. The van der Waals surface area contributed by atoms with Crippen LogP contribution in [0.4, 0.5) is 0 Å². The molecule has 0 bridgehead atoms. The lowest BCUT2D eigenvalue weighted by Crippen LogP contribution is -2.45. The van der Waals surface area contributed by atoms with Gasteiger partial charge in [0.1, 0.15) is 5.78 Å². The summed E-state index contributed by atoms with van der Waals surface area (Å²) in [5.41, 5.74) is 0.0966. The summed E-state index contributed by atoms with van der Waals surface area (Å²) in [4.78, 5) is 14.4. The summed E-state index contributed by atoms with van der Waals surface area (Å²) >= 11 is 0. The number of benzene rings is 1. The van der Waals surface area contributed by atoms with Gasteiger partial charge in [0, 0.05) is 24.9 Å². The Balaban J connectivity index is 1.72. The quantitative estimate of drug-likeness (QED) is 0.925. The van der Waals surface area contributed by atoms with Crippen molar-refractivity contribution in [2.24, 2.45) is 5.92 Å². The molecule has 1 aliphatic carbocycles. The van der Waals surface area contributed by atoms with Crippen LogP contribution in [-0.4, -0.2) is 34.9 Å². The Morgan fingerprint density at radius 3 is 2.67 bits per heavy atom. The minimum Gasteiger partial charge on any atom is -0.384 e. The highest BCUT2D eigenvalue weighted by Crippen LogP contribution is 2.35. The molecule has 3 nitrogen and oxygen atoms in total. The van der Waals surface area contributed by atoms with Crippen molar-refractivity contribution in [3.63, 3.8) is 0 Å². The number of β-amino-alcohol motifs (C(OH)–C–C–N with tert-alkyl or cyclic N) is 1. The van der Waals surface area contributed by atoms with Crippen LogP contribution >= 0.6 is 0 Å². The Morgan fingerprint density at radius 2 is 2.00 bits per heavy atom. The van der Waals surface area contributed by atoms with E-state index in [0.29, 0.717) is 18.4 Å². The summed E-state index contributed by atoms with van der Waals surface area (Å²) in [6.45, 7) is 3.50. The van der Waals surface area contributed by atoms with Crippen LogP contribution in [0.2, 0.25) is 0 Å². The zero-order valence-electron chi connectivity index (χ0n) is 12.8. The number of Topliss-reactive ketones (excluding diaryl/α,β-unsaturated/α-hetero) is 1. The molecule has 0 radical (unpaired) electrons. The largest absolute Gasteiger partial charge is 0.384 e. The van der Waals surface area contributed by atoms with E-state index in [0.717, 1.165) is 44.2 Å². The molecular formula is C18H25NO2. The molecule has 21 heavy (non-hydrogen) atoms. The predicted octanol–water partition coefficient (Wildman–Crippen LogP) is 2.73. The zero-order valence-corrected chi connectivity index (χ0v) is 12.8. The number of rotatable bonds is 4. The van der Waals surface area contributed by atoms with Crippen molar-refractivity contribution in [1.29, 1.82) is 0 Å². The van der Waals surface area contributed by atoms with Gasteiger partial charge in [-0.05, 0) is 44.7 Å². The summed E-state index contributed by atoms with van der Waals surface area (Å²) in [6.07, 6.45) is 5.07. The number of hydrogen-bond acceptors (Lipinski definition) is 3. The Bertz CT molecular complexity index is 497. The van der Waals surface area contributed by atoms with Gasteiger partial charge in [-0.1, -0.05) is 30.3 Å². The van der Waals surface area contributed by atoms with Gasteiger partial charge in [0.15, 0.2) is 0 Å². The van der Waals surface area contributed by atoms with E-state index in [1.54, 1.807) is 0 Å². The second-order valence-corrected chi connectivity index (χ2v) is 6.78. The van der Waals surface area contributed by atoms with Crippen molar-refractivity contribution in [3.05, 3.63) is 35.9 Å². The van der Waals surface area contributed by atoms with Gasteiger partial charge in [0.2, 0.25) is 0 Å². The molecule has 2 fully saturated rings. The fourth-order valence-corrected chi connectivity index (χ4v) is 4.04. The second-order valence-electron chi connectivity index (χ2n) is 6.78. The SMILES string of the molecule is CC(O)(CN1CCCC1C1CCCC1=O)c1ccccc1. The molecule has 3 rings (SSSR count). The molecular weight excluding hydrogens is 262 g/mol. The topological polar surface area (TPSA) is 40.5 Å². The minimum absolute atomic E-state index is 0.207. The van der Waals surface area contributed by atoms with Crippen molar-refractivity contribution in [3.8, 4) is 0 Å². The molecule has 1 aromatic carbocycles. The first-order valence-electron chi connectivity index (χ1n) is 8.12. The number of aliphatic hydroxyl groups is 1. The van der Waals surface area contributed by atoms with Crippen molar-refractivity contribution >= 4 is 5.78 Å². The maximum Gasteiger partial charge on any atom is 0.137 e. The number of ketones is 1. The van der Waals surface area contributed by atoms with Crippen LogP contribution in [0.15, 0.2) is 30.3 Å². The van der Waals surface area contributed by atoms with Crippen LogP contribution in [-0.2, 0) is 10.4 Å². The van der Waals surface area contributed by atoms with Crippen molar-refractivity contribution in [2.75, 3.05) is 13.1 Å². The predicted molar refractivity (Wildman–Crippen MR) is 83.0 cm³/mol. The van der Waals surface area contributed by atoms with E-state index in [9.17, 15) is 9.90 Å². The molecule has 3 unspecified atom stereocenters. The summed E-state index contributed by atoms with van der Waals surface area (Å²) in [6, 6.07) is 10.2. The van der Waals surface area contributed by atoms with Crippen molar-refractivity contribution in [1.82, 2.24) is 4.90 Å². The monoisotopic (exact) mass is 287 g/mol. The van der Waals surface area contributed by atoms with Gasteiger partial charge in [-0.2, -0.15) is 0 Å². The molecule has 1 aromatic rings. The third-order valence-electron chi connectivity index (χ3n) is 5.14.